The summed E-state index contributed by atoms with van der Waals surface area (Å²) in [5.41, 5.74) is 0. The maximum Gasteiger partial charge on any atom is 1.00 e. The van der Waals surface area contributed by atoms with E-state index in [1.54, 1.807) is 0 Å². The van der Waals surface area contributed by atoms with Gasteiger partial charge in [0.05, 0.1) is 6.54 Å². The van der Waals surface area contributed by atoms with Crippen molar-refractivity contribution in [1.82, 2.24) is 4.90 Å². The van der Waals surface area contributed by atoms with Crippen molar-refractivity contribution in [2.75, 3.05) is 20.6 Å². The van der Waals surface area contributed by atoms with Crippen molar-refractivity contribution in [3.05, 3.63) is 0 Å². The molecular weight excluding hydrogens is 117 g/mol. The fourth-order valence-corrected chi connectivity index (χ4v) is 0.149. The topological polar surface area (TPSA) is 20.3 Å². The average molecular weight is 127 g/mol. The minimum Gasteiger partial charge on any atom is -1.00 e. The summed E-state index contributed by atoms with van der Waals surface area (Å²) in [6, 6.07) is 0. The first-order valence-electron chi connectivity index (χ1n) is 1.85. The van der Waals surface area contributed by atoms with Crippen LogP contribution in [0.2, 0.25) is 0 Å². The van der Waals surface area contributed by atoms with Crippen LogP contribution in [-0.2, 0) is 4.79 Å². The molecule has 7 heavy (non-hydrogen) atoms. The molecule has 0 unspecified atom stereocenters. The van der Waals surface area contributed by atoms with E-state index in [9.17, 15) is 4.79 Å². The minimum atomic E-state index is 0. The Morgan fingerprint density at radius 2 is 2.14 bits per heavy atom. The Morgan fingerprint density at radius 1 is 1.71 bits per heavy atom. The van der Waals surface area contributed by atoms with E-state index in [0.29, 0.717) is 6.54 Å². The summed E-state index contributed by atoms with van der Waals surface area (Å²) < 4.78 is 0. The molecule has 0 heterocycles. The number of hydrogen-bond donors (Lipinski definition) is 0. The Balaban J connectivity index is -0.000000125. The van der Waals surface area contributed by atoms with Gasteiger partial charge < -0.3 is 11.1 Å². The molecule has 0 saturated heterocycles. The first kappa shape index (κ1) is 11.1. The zero-order valence-corrected chi connectivity index (χ0v) is 8.26. The van der Waals surface area contributed by atoms with E-state index in [2.05, 4.69) is 0 Å². The summed E-state index contributed by atoms with van der Waals surface area (Å²) in [6.45, 7) is 0.528. The van der Waals surface area contributed by atoms with Crippen LogP contribution in [0, 0.1) is 0 Å². The van der Waals surface area contributed by atoms with Crippen molar-refractivity contribution in [3.63, 3.8) is 0 Å². The maximum absolute atomic E-state index is 9.57. The normalized spacial score (nSPS) is 7.86. The molecule has 0 amide bonds. The second kappa shape index (κ2) is 7.27. The third kappa shape index (κ3) is 11.1. The van der Waals surface area contributed by atoms with Crippen molar-refractivity contribution in [1.29, 1.82) is 0 Å². The van der Waals surface area contributed by atoms with E-state index < -0.39 is 0 Å². The molecule has 0 aromatic carbocycles. The number of aldehydes is 1. The number of rotatable bonds is 2. The van der Waals surface area contributed by atoms with Crippen LogP contribution < -0.4 is 51.4 Å². The van der Waals surface area contributed by atoms with Gasteiger partial charge in [-0.1, -0.05) is 0 Å². The summed E-state index contributed by atoms with van der Waals surface area (Å²) in [6.07, 6.45) is 0.875. The summed E-state index contributed by atoms with van der Waals surface area (Å²) in [4.78, 5) is 11.4. The van der Waals surface area contributed by atoms with Gasteiger partial charge in [-0.15, -0.1) is 0 Å². The van der Waals surface area contributed by atoms with Crippen LogP contribution >= 0.6 is 0 Å². The monoisotopic (exact) mass is 127 g/mol. The Hall–Kier alpha value is 1.27. The molecule has 0 rings (SSSR count). The Labute approximate surface area is 88.2 Å². The van der Waals surface area contributed by atoms with Crippen LogP contribution in [0.5, 0.6) is 0 Å². The number of nitrogens with zero attached hydrogens (tertiary/aromatic N) is 1. The second-order valence-corrected chi connectivity index (χ2v) is 1.43. The molecule has 0 fully saturated rings. The van der Waals surface area contributed by atoms with Crippen LogP contribution in [0.4, 0.5) is 0 Å². The van der Waals surface area contributed by atoms with Crippen molar-refractivity contribution >= 4 is 6.29 Å². The van der Waals surface area contributed by atoms with Gasteiger partial charge in [-0.25, -0.2) is 0 Å². The third-order valence-electron chi connectivity index (χ3n) is 0.440. The first-order valence-corrected chi connectivity index (χ1v) is 1.85. The van der Waals surface area contributed by atoms with Crippen LogP contribution in [0.25, 0.3) is 0 Å². The molecule has 0 atom stereocenters. The quantitative estimate of drug-likeness (QED) is 0.289. The van der Waals surface area contributed by atoms with E-state index in [-0.39, 0.29) is 52.8 Å². The Kier molecular flexibility index (Phi) is 11.5. The van der Waals surface area contributed by atoms with Gasteiger partial charge in [0.15, 0.2) is 0 Å². The number of hydrogen-bond acceptors (Lipinski definition) is 2. The molecule has 0 N–H and O–H groups in total. The fraction of sp³-hybridized carbons (Fsp3) is 0.750. The molecule has 0 spiro atoms. The molecule has 0 aromatic heterocycles. The van der Waals surface area contributed by atoms with Gasteiger partial charge in [0.1, 0.15) is 6.29 Å². The largest absolute Gasteiger partial charge is 1.00 e. The number of carbonyl (C=O) groups is 1. The molecule has 0 aliphatic carbocycles. The van der Waals surface area contributed by atoms with Gasteiger partial charge in [-0.05, 0) is 14.1 Å². The van der Waals surface area contributed by atoms with E-state index in [0.717, 1.165) is 6.29 Å². The van der Waals surface area contributed by atoms with E-state index in [1.807, 2.05) is 19.0 Å². The van der Waals surface area contributed by atoms with Gasteiger partial charge in [-0.2, -0.15) is 0 Å². The van der Waals surface area contributed by atoms with Gasteiger partial charge in [-0.3, -0.25) is 0 Å². The van der Waals surface area contributed by atoms with Gasteiger partial charge in [0, 0.05) is 0 Å². The molecule has 38 valence electrons. The fourth-order valence-electron chi connectivity index (χ4n) is 0.149. The first-order chi connectivity index (χ1) is 2.77. The molecular formula is C4H10KNO. The van der Waals surface area contributed by atoms with Crippen molar-refractivity contribution in [3.8, 4) is 0 Å². The third-order valence-corrected chi connectivity index (χ3v) is 0.440. The summed E-state index contributed by atoms with van der Waals surface area (Å²) >= 11 is 0. The second-order valence-electron chi connectivity index (χ2n) is 1.43. The van der Waals surface area contributed by atoms with Crippen LogP contribution in [0.15, 0.2) is 0 Å². The van der Waals surface area contributed by atoms with Gasteiger partial charge in [0.2, 0.25) is 0 Å². The maximum atomic E-state index is 9.57. The summed E-state index contributed by atoms with van der Waals surface area (Å²) in [5.74, 6) is 0. The minimum absolute atomic E-state index is 0. The van der Waals surface area contributed by atoms with E-state index in [4.69, 9.17) is 0 Å². The standard InChI is InChI=1S/C4H9NO.K.H/c1-5(2)3-4-6;;/h4H,3H2,1-2H3;;/q;+1;-1. The smallest absolute Gasteiger partial charge is 1.00 e. The zero-order valence-electron chi connectivity index (χ0n) is 6.14. The molecule has 0 radical (unpaired) electrons. The molecule has 0 saturated carbocycles. The van der Waals surface area contributed by atoms with Crippen LogP contribution in [-0.4, -0.2) is 31.8 Å². The summed E-state index contributed by atoms with van der Waals surface area (Å²) in [5, 5.41) is 0. The number of likely N-dealkylation sites (N-methyl/N-ethyl adjacent to an activating group) is 1. The zero-order chi connectivity index (χ0) is 4.99. The molecule has 0 aliphatic heterocycles. The van der Waals surface area contributed by atoms with Crippen molar-refractivity contribution < 1.29 is 57.6 Å². The van der Waals surface area contributed by atoms with Gasteiger partial charge >= 0.3 is 51.4 Å². The summed E-state index contributed by atoms with van der Waals surface area (Å²) in [7, 11) is 3.71. The molecule has 0 bridgehead atoms. The van der Waals surface area contributed by atoms with Gasteiger partial charge in [0.25, 0.3) is 0 Å². The van der Waals surface area contributed by atoms with E-state index >= 15 is 0 Å². The predicted molar refractivity (Wildman–Crippen MR) is 25.7 cm³/mol. The van der Waals surface area contributed by atoms with Crippen molar-refractivity contribution in [2.45, 2.75) is 0 Å². The van der Waals surface area contributed by atoms with Crippen LogP contribution in [0.3, 0.4) is 0 Å². The average Bonchev–Trinajstić information content (AvgIpc) is 1.35. The Morgan fingerprint density at radius 3 is 2.14 bits per heavy atom. The predicted octanol–water partition coefficient (Wildman–Crippen LogP) is -3.14. The molecule has 0 aromatic rings. The van der Waals surface area contributed by atoms with Crippen molar-refractivity contribution in [2.24, 2.45) is 0 Å². The molecule has 2 nitrogen and oxygen atoms in total. The SMILES string of the molecule is CN(C)CC=O.[H-].[K+]. The molecule has 0 aliphatic rings. The van der Waals surface area contributed by atoms with E-state index in [1.165, 1.54) is 0 Å². The molecule has 3 heteroatoms. The van der Waals surface area contributed by atoms with Crippen LogP contribution in [0.1, 0.15) is 1.43 Å². The Bertz CT molecular complexity index is 51.3. The number of carbonyl (C=O) groups excluding carboxylic acids is 1.